The summed E-state index contributed by atoms with van der Waals surface area (Å²) in [5.74, 6) is 2.92. The predicted octanol–water partition coefficient (Wildman–Crippen LogP) is 3.39. The molecule has 0 N–H and O–H groups in total. The zero-order chi connectivity index (χ0) is 14.9. The van der Waals surface area contributed by atoms with E-state index < -0.39 is 0 Å². The first kappa shape index (κ1) is 15.0. The summed E-state index contributed by atoms with van der Waals surface area (Å²) in [4.78, 5) is 16.0. The van der Waals surface area contributed by atoms with E-state index in [1.807, 2.05) is 30.5 Å². The number of benzene rings is 1. The van der Waals surface area contributed by atoms with Gasteiger partial charge in [0, 0.05) is 31.7 Å². The maximum atomic E-state index is 11.9. The molecule has 0 spiro atoms. The standard InChI is InChI=1S/C19H19NO/c1-2-4-16-6-8-17(9-7-16)10-12-19(21)13-11-18-5-3-14-20-15-18/h1,3,5-9,14-15H,4,10-13H2. The molecular formula is C19H19NO. The Hall–Kier alpha value is -2.40. The monoisotopic (exact) mass is 277 g/mol. The quantitative estimate of drug-likeness (QED) is 0.726. The largest absolute Gasteiger partial charge is 0.300 e. The van der Waals surface area contributed by atoms with Crippen LogP contribution in [0.1, 0.15) is 29.5 Å². The van der Waals surface area contributed by atoms with Gasteiger partial charge in [0.1, 0.15) is 5.78 Å². The third-order valence-electron chi connectivity index (χ3n) is 3.44. The van der Waals surface area contributed by atoms with E-state index in [2.05, 4.69) is 23.0 Å². The van der Waals surface area contributed by atoms with Crippen LogP contribution in [0.5, 0.6) is 0 Å². The van der Waals surface area contributed by atoms with Gasteiger partial charge >= 0.3 is 0 Å². The highest BCUT2D eigenvalue weighted by Crippen LogP contribution is 2.09. The second-order valence-electron chi connectivity index (χ2n) is 5.10. The number of nitrogens with zero attached hydrogens (tertiary/aromatic N) is 1. The molecule has 0 fully saturated rings. The fourth-order valence-corrected chi connectivity index (χ4v) is 2.18. The van der Waals surface area contributed by atoms with Gasteiger partial charge in [0.2, 0.25) is 0 Å². The number of carbonyl (C=O) groups excluding carboxylic acids is 1. The lowest BCUT2D eigenvalue weighted by Gasteiger charge is -2.03. The van der Waals surface area contributed by atoms with E-state index in [9.17, 15) is 4.79 Å². The van der Waals surface area contributed by atoms with Crippen LogP contribution in [-0.2, 0) is 24.1 Å². The highest BCUT2D eigenvalue weighted by Gasteiger charge is 2.04. The number of hydrogen-bond donors (Lipinski definition) is 0. The van der Waals surface area contributed by atoms with Gasteiger partial charge in [0.05, 0.1) is 0 Å². The van der Waals surface area contributed by atoms with Crippen LogP contribution in [0.2, 0.25) is 0 Å². The van der Waals surface area contributed by atoms with Crippen molar-refractivity contribution in [2.45, 2.75) is 32.1 Å². The van der Waals surface area contributed by atoms with Crippen molar-refractivity contribution in [3.63, 3.8) is 0 Å². The average Bonchev–Trinajstić information content (AvgIpc) is 2.53. The SMILES string of the molecule is C#CCc1ccc(CCC(=O)CCc2cccnc2)cc1. The van der Waals surface area contributed by atoms with Crippen LogP contribution in [0.4, 0.5) is 0 Å². The molecule has 1 aromatic heterocycles. The number of carbonyl (C=O) groups is 1. The minimum absolute atomic E-state index is 0.298. The number of Topliss-reactive ketones (excluding diaryl/α,β-unsaturated/α-hetero) is 1. The Balaban J connectivity index is 1.75. The van der Waals surface area contributed by atoms with E-state index in [0.717, 1.165) is 24.0 Å². The molecular weight excluding hydrogens is 258 g/mol. The summed E-state index contributed by atoms with van der Waals surface area (Å²) in [6, 6.07) is 12.1. The van der Waals surface area contributed by atoms with Gasteiger partial charge in [0.15, 0.2) is 0 Å². The highest BCUT2D eigenvalue weighted by molar-refractivity contribution is 5.78. The maximum absolute atomic E-state index is 11.9. The van der Waals surface area contributed by atoms with E-state index >= 15 is 0 Å². The molecule has 1 aromatic carbocycles. The molecule has 0 saturated heterocycles. The Morgan fingerprint density at radius 1 is 1.00 bits per heavy atom. The van der Waals surface area contributed by atoms with Crippen molar-refractivity contribution in [1.29, 1.82) is 0 Å². The second kappa shape index (κ2) is 8.01. The Kier molecular flexibility index (Phi) is 5.72. The van der Waals surface area contributed by atoms with Crippen molar-refractivity contribution < 1.29 is 4.79 Å². The maximum Gasteiger partial charge on any atom is 0.133 e. The Morgan fingerprint density at radius 3 is 2.29 bits per heavy atom. The number of aromatic nitrogens is 1. The third-order valence-corrected chi connectivity index (χ3v) is 3.44. The van der Waals surface area contributed by atoms with Crippen LogP contribution < -0.4 is 0 Å². The fraction of sp³-hybridized carbons (Fsp3) is 0.263. The first-order valence-corrected chi connectivity index (χ1v) is 7.20. The first-order chi connectivity index (χ1) is 10.3. The molecule has 0 saturated carbocycles. The Morgan fingerprint density at radius 2 is 1.67 bits per heavy atom. The van der Waals surface area contributed by atoms with E-state index in [4.69, 9.17) is 6.42 Å². The molecule has 21 heavy (non-hydrogen) atoms. The third kappa shape index (κ3) is 5.24. The highest BCUT2D eigenvalue weighted by atomic mass is 16.1. The van der Waals surface area contributed by atoms with Crippen LogP contribution in [0.15, 0.2) is 48.8 Å². The smallest absolute Gasteiger partial charge is 0.133 e. The van der Waals surface area contributed by atoms with Crippen molar-refractivity contribution in [2.24, 2.45) is 0 Å². The lowest BCUT2D eigenvalue weighted by Crippen LogP contribution is -2.02. The molecule has 0 atom stereocenters. The lowest BCUT2D eigenvalue weighted by molar-refractivity contribution is -0.119. The van der Waals surface area contributed by atoms with Gasteiger partial charge in [0.25, 0.3) is 0 Å². The predicted molar refractivity (Wildman–Crippen MR) is 84.9 cm³/mol. The number of rotatable bonds is 7. The molecule has 1 heterocycles. The van der Waals surface area contributed by atoms with Crippen molar-refractivity contribution >= 4 is 5.78 Å². The van der Waals surface area contributed by atoms with E-state index in [-0.39, 0.29) is 0 Å². The molecule has 2 rings (SSSR count). The number of hydrogen-bond acceptors (Lipinski definition) is 2. The molecule has 2 aromatic rings. The normalized spacial score (nSPS) is 10.0. The molecule has 0 radical (unpaired) electrons. The van der Waals surface area contributed by atoms with Crippen LogP contribution in [0.25, 0.3) is 0 Å². The molecule has 0 unspecified atom stereocenters. The molecule has 0 aliphatic heterocycles. The van der Waals surface area contributed by atoms with Gasteiger partial charge in [-0.05, 0) is 35.6 Å². The summed E-state index contributed by atoms with van der Waals surface area (Å²) >= 11 is 0. The molecule has 106 valence electrons. The molecule has 0 amide bonds. The summed E-state index contributed by atoms with van der Waals surface area (Å²) in [5, 5.41) is 0. The average molecular weight is 277 g/mol. The van der Waals surface area contributed by atoms with Crippen molar-refractivity contribution in [3.8, 4) is 12.3 Å². The van der Waals surface area contributed by atoms with Crippen LogP contribution in [-0.4, -0.2) is 10.8 Å². The lowest BCUT2D eigenvalue weighted by atomic mass is 10.0. The number of ketones is 1. The van der Waals surface area contributed by atoms with E-state index in [1.165, 1.54) is 5.56 Å². The summed E-state index contributed by atoms with van der Waals surface area (Å²) in [5.41, 5.74) is 3.44. The van der Waals surface area contributed by atoms with Crippen molar-refractivity contribution in [2.75, 3.05) is 0 Å². The summed E-state index contributed by atoms with van der Waals surface area (Å²) < 4.78 is 0. The summed E-state index contributed by atoms with van der Waals surface area (Å²) in [7, 11) is 0. The zero-order valence-corrected chi connectivity index (χ0v) is 12.1. The summed E-state index contributed by atoms with van der Waals surface area (Å²) in [6.07, 6.45) is 12.2. The van der Waals surface area contributed by atoms with Gasteiger partial charge in [-0.15, -0.1) is 12.3 Å². The fourth-order valence-electron chi connectivity index (χ4n) is 2.18. The van der Waals surface area contributed by atoms with Gasteiger partial charge < -0.3 is 0 Å². The van der Waals surface area contributed by atoms with Gasteiger partial charge in [-0.1, -0.05) is 30.3 Å². The minimum Gasteiger partial charge on any atom is -0.300 e. The van der Waals surface area contributed by atoms with E-state index in [1.54, 1.807) is 6.20 Å². The molecule has 2 nitrogen and oxygen atoms in total. The van der Waals surface area contributed by atoms with Crippen molar-refractivity contribution in [3.05, 3.63) is 65.5 Å². The summed E-state index contributed by atoms with van der Waals surface area (Å²) in [6.45, 7) is 0. The van der Waals surface area contributed by atoms with Crippen LogP contribution in [0.3, 0.4) is 0 Å². The van der Waals surface area contributed by atoms with E-state index in [0.29, 0.717) is 25.0 Å². The topological polar surface area (TPSA) is 30.0 Å². The molecule has 0 bridgehead atoms. The number of aryl methyl sites for hydroxylation is 2. The van der Waals surface area contributed by atoms with Gasteiger partial charge in [-0.3, -0.25) is 9.78 Å². The number of pyridine rings is 1. The Bertz CT molecular complexity index is 608. The van der Waals surface area contributed by atoms with Crippen LogP contribution >= 0.6 is 0 Å². The molecule has 0 aliphatic carbocycles. The zero-order valence-electron chi connectivity index (χ0n) is 12.1. The first-order valence-electron chi connectivity index (χ1n) is 7.20. The number of terminal acetylenes is 1. The minimum atomic E-state index is 0.298. The second-order valence-corrected chi connectivity index (χ2v) is 5.10. The van der Waals surface area contributed by atoms with Gasteiger partial charge in [-0.2, -0.15) is 0 Å². The Labute approximate surface area is 126 Å². The van der Waals surface area contributed by atoms with Crippen molar-refractivity contribution in [1.82, 2.24) is 4.98 Å². The molecule has 0 aliphatic rings. The van der Waals surface area contributed by atoms with Gasteiger partial charge in [-0.25, -0.2) is 0 Å². The molecule has 2 heteroatoms. The van der Waals surface area contributed by atoms with Crippen LogP contribution in [0, 0.1) is 12.3 Å².